The van der Waals surface area contributed by atoms with Crippen molar-refractivity contribution in [3.63, 3.8) is 0 Å². The van der Waals surface area contributed by atoms with Gasteiger partial charge in [0.05, 0.1) is 17.9 Å². The number of carbonyl (C=O) groups excluding carboxylic acids is 1. The molecule has 9 nitrogen and oxygen atoms in total. The van der Waals surface area contributed by atoms with E-state index in [0.29, 0.717) is 30.3 Å². The molecule has 3 saturated heterocycles. The molecule has 0 radical (unpaired) electrons. The molecule has 3 spiro atoms. The second-order valence-electron chi connectivity index (χ2n) is 29.9. The molecule has 6 heterocycles. The number of hydrogen-bond donors (Lipinski definition) is 1. The number of ether oxygens (including phenoxy) is 4. The highest BCUT2D eigenvalue weighted by Gasteiger charge is 2.73. The SMILES string of the molecule is CN1CC[C@]23c4c5ccc(C(C)(C)C)c4O[C@H]2C(=O)CC[C@@]3(C)[C@H]1C5.CN1CC[C@]23c4c5ccc(C(C)(C)C)c4O[C@H]2[C@@H](O)C=C[C@@]3(C)[C@H]1C5.COc1ccc2c3c1O[C@H]1C(C(C)(C)C)=CC[C@@]4(C)[C@@H](C2)N(C)CC[C@]314. The minimum atomic E-state index is -0.525. The number of likely N-dealkylation sites (tertiary alicyclic amines) is 3. The van der Waals surface area contributed by atoms with E-state index in [2.05, 4.69) is 167 Å². The molecule has 12 aliphatic rings. The second kappa shape index (κ2) is 16.0. The van der Waals surface area contributed by atoms with E-state index in [1.54, 1.807) is 7.11 Å². The third kappa shape index (κ3) is 6.16. The maximum absolute atomic E-state index is 13.0. The van der Waals surface area contributed by atoms with E-state index in [-0.39, 0.29) is 67.0 Å². The first-order valence-electron chi connectivity index (χ1n) is 29.4. The summed E-state index contributed by atoms with van der Waals surface area (Å²) in [5.41, 5.74) is 13.1. The summed E-state index contributed by atoms with van der Waals surface area (Å²) >= 11 is 0. The monoisotopic (exact) mass is 1030 g/mol. The van der Waals surface area contributed by atoms with Gasteiger partial charge in [-0.25, -0.2) is 0 Å². The van der Waals surface area contributed by atoms with Crippen molar-refractivity contribution in [1.29, 1.82) is 0 Å². The van der Waals surface area contributed by atoms with Crippen LogP contribution in [0.25, 0.3) is 0 Å². The van der Waals surface area contributed by atoms with Crippen LogP contribution in [0.1, 0.15) is 166 Å². The van der Waals surface area contributed by atoms with Gasteiger partial charge in [0.25, 0.3) is 0 Å². The molecule has 0 unspecified atom stereocenters. The van der Waals surface area contributed by atoms with Gasteiger partial charge in [-0.05, 0) is 153 Å². The maximum Gasteiger partial charge on any atom is 0.174 e. The zero-order valence-electron chi connectivity index (χ0n) is 49.1. The molecule has 4 fully saturated rings. The zero-order chi connectivity index (χ0) is 54.0. The molecule has 13 atom stereocenters. The molecule has 9 heteroatoms. The first-order valence-corrected chi connectivity index (χ1v) is 29.4. The number of Topliss-reactive ketones (excluding diaryl/α,β-unsaturated/α-hetero) is 1. The van der Waals surface area contributed by atoms with E-state index in [1.807, 2.05) is 6.08 Å². The number of methoxy groups -OCH3 is 1. The molecule has 6 aliphatic carbocycles. The lowest BCUT2D eigenvalue weighted by atomic mass is 9.43. The van der Waals surface area contributed by atoms with Crippen molar-refractivity contribution >= 4 is 5.78 Å². The second-order valence-corrected chi connectivity index (χ2v) is 29.9. The molecule has 6 aliphatic heterocycles. The van der Waals surface area contributed by atoms with Gasteiger partial charge >= 0.3 is 0 Å². The largest absolute Gasteiger partial charge is 0.493 e. The van der Waals surface area contributed by atoms with Gasteiger partial charge in [0, 0.05) is 57.5 Å². The van der Waals surface area contributed by atoms with Gasteiger partial charge in [-0.2, -0.15) is 0 Å². The Bertz CT molecular complexity index is 3030. The van der Waals surface area contributed by atoms with Crippen LogP contribution in [0.4, 0.5) is 0 Å². The Morgan fingerprint density at radius 2 is 1.08 bits per heavy atom. The van der Waals surface area contributed by atoms with Crippen molar-refractivity contribution in [1.82, 2.24) is 14.7 Å². The van der Waals surface area contributed by atoms with Gasteiger partial charge in [-0.1, -0.05) is 132 Å². The van der Waals surface area contributed by atoms with Crippen LogP contribution < -0.4 is 18.9 Å². The quantitative estimate of drug-likeness (QED) is 0.240. The number of piperidine rings is 3. The van der Waals surface area contributed by atoms with E-state index in [0.717, 1.165) is 87.6 Å². The highest BCUT2D eigenvalue weighted by atomic mass is 16.5. The number of likely N-dealkylation sites (N-methyl/N-ethyl adjacent to an activating group) is 3. The fourth-order valence-electron chi connectivity index (χ4n) is 19.6. The van der Waals surface area contributed by atoms with Crippen LogP contribution in [-0.2, 0) is 51.1 Å². The van der Waals surface area contributed by atoms with Crippen LogP contribution in [0.2, 0.25) is 0 Å². The Morgan fingerprint density at radius 1 is 0.592 bits per heavy atom. The van der Waals surface area contributed by atoms with Gasteiger partial charge in [-0.3, -0.25) is 4.79 Å². The summed E-state index contributed by atoms with van der Waals surface area (Å²) < 4.78 is 25.8. The molecule has 3 aromatic carbocycles. The highest BCUT2D eigenvalue weighted by molar-refractivity contribution is 5.89. The van der Waals surface area contributed by atoms with Gasteiger partial charge in [0.15, 0.2) is 23.4 Å². The summed E-state index contributed by atoms with van der Waals surface area (Å²) in [6, 6.07) is 15.2. The number of carbonyl (C=O) groups is 1. The number of rotatable bonds is 1. The third-order valence-corrected chi connectivity index (χ3v) is 23.6. The Hall–Kier alpha value is -4.15. The number of aliphatic hydroxyl groups is 1. The summed E-state index contributed by atoms with van der Waals surface area (Å²) in [6.07, 6.45) is 15.4. The molecule has 6 bridgehead atoms. The molecule has 0 amide bonds. The average molecular weight is 1030 g/mol. The average Bonchev–Trinajstić information content (AvgIpc) is 4.16. The number of aliphatic hydroxyl groups excluding tert-OH is 1. The van der Waals surface area contributed by atoms with Crippen molar-refractivity contribution in [3.8, 4) is 23.0 Å². The fourth-order valence-corrected chi connectivity index (χ4v) is 19.6. The van der Waals surface area contributed by atoms with E-state index >= 15 is 0 Å². The lowest BCUT2D eigenvalue weighted by Crippen LogP contribution is -2.70. The van der Waals surface area contributed by atoms with Crippen LogP contribution in [0.3, 0.4) is 0 Å². The summed E-state index contributed by atoms with van der Waals surface area (Å²) in [4.78, 5) is 20.6. The molecular formula is C67H89N3O6. The standard InChI is InChI=1S/C23H31NO2.2C22H29NO2/c1-21(2,3)15-9-10-22(4)17-13-14-7-8-16(25-6)19-18(14)23(22,20(15)26-19)11-12-24(17)5;2*1-20(2,3)14-7-6-13-12-16-21(4)9-8-15(24)19-22(21,10-11-23(16)5)17(13)18(14)25-19/h7-9,17,20H,10-13H2,1-6H3;6-7,16,19H,8-12H2,1-5H3;6-9,15-16,19,24H,10-12H2,1-5H3/t17-,20+,22+,23+;16-,19+,21+,22+;15-,16+,19-,21-,22-/m110/s1. The van der Waals surface area contributed by atoms with Crippen LogP contribution in [-0.4, -0.2) is 116 Å². The number of hydrogen-bond acceptors (Lipinski definition) is 9. The fraction of sp³-hybridized carbons (Fsp3) is 0.657. The van der Waals surface area contributed by atoms with Crippen molar-refractivity contribution in [3.05, 3.63) is 105 Å². The molecule has 15 rings (SSSR count). The molecule has 1 saturated carbocycles. The Morgan fingerprint density at radius 3 is 1.66 bits per heavy atom. The van der Waals surface area contributed by atoms with Crippen molar-refractivity contribution in [2.24, 2.45) is 21.7 Å². The Labute approximate surface area is 455 Å². The van der Waals surface area contributed by atoms with Gasteiger partial charge in [0.1, 0.15) is 29.8 Å². The van der Waals surface area contributed by atoms with Crippen LogP contribution in [0, 0.1) is 21.7 Å². The lowest BCUT2D eigenvalue weighted by molar-refractivity contribution is -0.150. The van der Waals surface area contributed by atoms with E-state index in [4.69, 9.17) is 18.9 Å². The molecule has 0 aromatic heterocycles. The summed E-state index contributed by atoms with van der Waals surface area (Å²) in [5, 5.41) is 10.8. The van der Waals surface area contributed by atoms with Gasteiger partial charge in [0.2, 0.25) is 0 Å². The predicted molar refractivity (Wildman–Crippen MR) is 302 cm³/mol. The first-order chi connectivity index (χ1) is 35.6. The number of allylic oxidation sites excluding steroid dienone is 1. The summed E-state index contributed by atoms with van der Waals surface area (Å²) in [7, 11) is 8.59. The number of benzene rings is 3. The number of nitrogens with zero attached hydrogens (tertiary/aromatic N) is 3. The zero-order valence-corrected chi connectivity index (χ0v) is 49.1. The molecule has 3 aromatic rings. The Kier molecular flexibility index (Phi) is 10.8. The molecule has 76 heavy (non-hydrogen) atoms. The van der Waals surface area contributed by atoms with Crippen molar-refractivity contribution in [2.45, 2.75) is 210 Å². The van der Waals surface area contributed by atoms with E-state index in [1.165, 1.54) is 56.5 Å². The van der Waals surface area contributed by atoms with E-state index < -0.39 is 6.10 Å². The third-order valence-electron chi connectivity index (χ3n) is 23.6. The van der Waals surface area contributed by atoms with Gasteiger partial charge in [-0.15, -0.1) is 0 Å². The summed E-state index contributed by atoms with van der Waals surface area (Å²) in [5.74, 6) is 4.39. The van der Waals surface area contributed by atoms with E-state index in [9.17, 15) is 9.90 Å². The normalized spacial score (nSPS) is 39.4. The minimum absolute atomic E-state index is 0.0126. The Balaban J connectivity index is 0.000000109. The lowest BCUT2D eigenvalue weighted by Gasteiger charge is -2.64. The maximum atomic E-state index is 13.0. The summed E-state index contributed by atoms with van der Waals surface area (Å²) in [6.45, 7) is 31.1. The van der Waals surface area contributed by atoms with Crippen molar-refractivity contribution in [2.75, 3.05) is 47.9 Å². The molecular weight excluding hydrogens is 943 g/mol. The first kappa shape index (κ1) is 51.3. The smallest absolute Gasteiger partial charge is 0.174 e. The topological polar surface area (TPSA) is 83.9 Å². The van der Waals surface area contributed by atoms with Gasteiger partial charge < -0.3 is 38.8 Å². The minimum Gasteiger partial charge on any atom is -0.493 e. The molecule has 408 valence electrons. The number of ketones is 1. The highest BCUT2D eigenvalue weighted by Crippen LogP contribution is 2.72. The van der Waals surface area contributed by atoms with Crippen molar-refractivity contribution < 1.29 is 28.8 Å². The van der Waals surface area contributed by atoms with Crippen LogP contribution in [0.5, 0.6) is 23.0 Å². The van der Waals surface area contributed by atoms with Crippen LogP contribution >= 0.6 is 0 Å². The van der Waals surface area contributed by atoms with Crippen LogP contribution in [0.15, 0.2) is 60.2 Å². The predicted octanol–water partition coefficient (Wildman–Crippen LogP) is 11.1. The molecule has 1 N–H and O–H groups in total.